The highest BCUT2D eigenvalue weighted by Gasteiger charge is 2.23. The molecular formula is C24H27F2N5O. The summed E-state index contributed by atoms with van der Waals surface area (Å²) < 4.78 is 30.3. The third-order valence-corrected chi connectivity index (χ3v) is 4.95. The third-order valence-electron chi connectivity index (χ3n) is 4.95. The van der Waals surface area contributed by atoms with Gasteiger partial charge in [0.25, 0.3) is 0 Å². The molecular weight excluding hydrogens is 412 g/mol. The zero-order valence-corrected chi connectivity index (χ0v) is 18.5. The molecule has 0 bridgehead atoms. The number of benzene rings is 2. The van der Waals surface area contributed by atoms with Crippen molar-refractivity contribution < 1.29 is 13.6 Å². The molecule has 1 aromatic heterocycles. The van der Waals surface area contributed by atoms with Gasteiger partial charge in [-0.1, -0.05) is 18.2 Å². The van der Waals surface area contributed by atoms with Gasteiger partial charge in [0.15, 0.2) is 17.4 Å². The van der Waals surface area contributed by atoms with E-state index < -0.39 is 17.4 Å². The maximum Gasteiger partial charge on any atom is 0.198 e. The average Bonchev–Trinajstić information content (AvgIpc) is 3.14. The number of hydrogen-bond acceptors (Lipinski definition) is 5. The van der Waals surface area contributed by atoms with Crippen LogP contribution in [-0.4, -0.2) is 45.6 Å². The van der Waals surface area contributed by atoms with Gasteiger partial charge < -0.3 is 10.2 Å². The molecule has 32 heavy (non-hydrogen) atoms. The van der Waals surface area contributed by atoms with Crippen LogP contribution in [0.4, 0.5) is 8.78 Å². The van der Waals surface area contributed by atoms with Crippen molar-refractivity contribution in [2.75, 3.05) is 14.1 Å². The zero-order chi connectivity index (χ0) is 23.3. The number of aromatic nitrogens is 3. The van der Waals surface area contributed by atoms with Crippen LogP contribution in [0.1, 0.15) is 40.9 Å². The SMILES string of the molecule is C=CCC(C)NCc1nnc(CN(C)C)n1-c1ccc(F)cc1C(=O)c1ccccc1F. The molecule has 0 saturated carbocycles. The molecule has 3 rings (SSSR count). The maximum absolute atomic E-state index is 14.3. The van der Waals surface area contributed by atoms with Crippen LogP contribution in [0.5, 0.6) is 0 Å². The van der Waals surface area contributed by atoms with Gasteiger partial charge in [-0.2, -0.15) is 0 Å². The minimum absolute atomic E-state index is 0.0373. The van der Waals surface area contributed by atoms with Crippen LogP contribution in [0.3, 0.4) is 0 Å². The lowest BCUT2D eigenvalue weighted by molar-refractivity contribution is 0.103. The van der Waals surface area contributed by atoms with Crippen molar-refractivity contribution in [1.82, 2.24) is 25.0 Å². The molecule has 0 saturated heterocycles. The van der Waals surface area contributed by atoms with Crippen LogP contribution in [0.2, 0.25) is 0 Å². The zero-order valence-electron chi connectivity index (χ0n) is 18.5. The molecule has 8 heteroatoms. The van der Waals surface area contributed by atoms with Crippen LogP contribution in [0.25, 0.3) is 5.69 Å². The Balaban J connectivity index is 2.12. The summed E-state index contributed by atoms with van der Waals surface area (Å²) in [6.07, 6.45) is 2.59. The number of ketones is 1. The molecule has 3 aromatic rings. The number of nitrogens with one attached hydrogen (secondary N) is 1. The Labute approximate surface area is 186 Å². The standard InChI is InChI=1S/C24H27F2N5O/c1-5-8-16(2)27-14-22-28-29-23(15-30(3)4)31(22)21-12-11-17(25)13-19(21)24(32)18-9-6-7-10-20(18)26/h5-7,9-13,16,27H,1,8,14-15H2,2-4H3. The highest BCUT2D eigenvalue weighted by Crippen LogP contribution is 2.24. The Morgan fingerprint density at radius 1 is 1.16 bits per heavy atom. The van der Waals surface area contributed by atoms with E-state index in [1.165, 1.54) is 30.3 Å². The molecule has 1 atom stereocenters. The van der Waals surface area contributed by atoms with Crippen LogP contribution < -0.4 is 5.32 Å². The third kappa shape index (κ3) is 5.33. The Hall–Kier alpha value is -3.23. The lowest BCUT2D eigenvalue weighted by atomic mass is 10.0. The summed E-state index contributed by atoms with van der Waals surface area (Å²) in [4.78, 5) is 15.2. The van der Waals surface area contributed by atoms with Gasteiger partial charge in [-0.3, -0.25) is 9.36 Å². The molecule has 0 aliphatic carbocycles. The summed E-state index contributed by atoms with van der Waals surface area (Å²) in [6, 6.07) is 9.72. The summed E-state index contributed by atoms with van der Waals surface area (Å²) in [5, 5.41) is 12.0. The topological polar surface area (TPSA) is 63.1 Å². The minimum Gasteiger partial charge on any atom is -0.307 e. The molecule has 0 aliphatic rings. The number of hydrogen-bond donors (Lipinski definition) is 1. The fourth-order valence-electron chi connectivity index (χ4n) is 3.41. The number of rotatable bonds is 10. The highest BCUT2D eigenvalue weighted by molar-refractivity contribution is 6.11. The van der Waals surface area contributed by atoms with Crippen molar-refractivity contribution in [2.45, 2.75) is 32.5 Å². The fourth-order valence-corrected chi connectivity index (χ4v) is 3.41. The van der Waals surface area contributed by atoms with Crippen molar-refractivity contribution in [3.8, 4) is 5.69 Å². The molecule has 2 aromatic carbocycles. The summed E-state index contributed by atoms with van der Waals surface area (Å²) in [5.41, 5.74) is 0.311. The summed E-state index contributed by atoms with van der Waals surface area (Å²) in [7, 11) is 3.78. The van der Waals surface area contributed by atoms with Crippen LogP contribution >= 0.6 is 0 Å². The first kappa shape index (κ1) is 23.4. The molecule has 0 fully saturated rings. The Morgan fingerprint density at radius 2 is 1.88 bits per heavy atom. The quantitative estimate of drug-likeness (QED) is 0.384. The van der Waals surface area contributed by atoms with Crippen molar-refractivity contribution in [3.05, 3.63) is 89.5 Å². The summed E-state index contributed by atoms with van der Waals surface area (Å²) in [5.74, 6) is -0.717. The second-order valence-corrected chi connectivity index (χ2v) is 7.88. The van der Waals surface area contributed by atoms with Crippen molar-refractivity contribution >= 4 is 5.78 Å². The predicted octanol–water partition coefficient (Wildman–Crippen LogP) is 3.89. The average molecular weight is 440 g/mol. The molecule has 0 radical (unpaired) electrons. The first-order chi connectivity index (χ1) is 15.3. The number of nitrogens with zero attached hydrogens (tertiary/aromatic N) is 4. The van der Waals surface area contributed by atoms with E-state index in [1.54, 1.807) is 10.6 Å². The van der Waals surface area contributed by atoms with E-state index >= 15 is 0 Å². The monoisotopic (exact) mass is 439 g/mol. The molecule has 0 spiro atoms. The minimum atomic E-state index is -0.662. The molecule has 168 valence electrons. The van der Waals surface area contributed by atoms with E-state index in [1.807, 2.05) is 32.0 Å². The Bertz CT molecular complexity index is 1110. The Morgan fingerprint density at radius 3 is 2.56 bits per heavy atom. The molecule has 1 heterocycles. The normalized spacial score (nSPS) is 12.2. The van der Waals surface area contributed by atoms with Gasteiger partial charge in [0.05, 0.1) is 24.3 Å². The van der Waals surface area contributed by atoms with Crippen molar-refractivity contribution in [3.63, 3.8) is 0 Å². The van der Waals surface area contributed by atoms with E-state index in [2.05, 4.69) is 22.1 Å². The molecule has 6 nitrogen and oxygen atoms in total. The van der Waals surface area contributed by atoms with Crippen LogP contribution in [-0.2, 0) is 13.1 Å². The van der Waals surface area contributed by atoms with Gasteiger partial charge in [-0.25, -0.2) is 8.78 Å². The lowest BCUT2D eigenvalue weighted by Gasteiger charge is -2.18. The van der Waals surface area contributed by atoms with Gasteiger partial charge in [-0.15, -0.1) is 16.8 Å². The van der Waals surface area contributed by atoms with Crippen LogP contribution in [0, 0.1) is 11.6 Å². The van der Waals surface area contributed by atoms with Gasteiger partial charge in [0.2, 0.25) is 0 Å². The van der Waals surface area contributed by atoms with Gasteiger partial charge in [0, 0.05) is 11.6 Å². The smallest absolute Gasteiger partial charge is 0.198 e. The number of halogens is 2. The van der Waals surface area contributed by atoms with E-state index in [-0.39, 0.29) is 17.2 Å². The van der Waals surface area contributed by atoms with Gasteiger partial charge >= 0.3 is 0 Å². The van der Waals surface area contributed by atoms with Crippen molar-refractivity contribution in [2.24, 2.45) is 0 Å². The number of carbonyl (C=O) groups is 1. The van der Waals surface area contributed by atoms with Crippen molar-refractivity contribution in [1.29, 1.82) is 0 Å². The lowest BCUT2D eigenvalue weighted by Crippen LogP contribution is -2.27. The summed E-state index contributed by atoms with van der Waals surface area (Å²) in [6.45, 7) is 6.59. The van der Waals surface area contributed by atoms with E-state index in [0.717, 1.165) is 12.5 Å². The van der Waals surface area contributed by atoms with E-state index in [0.29, 0.717) is 30.4 Å². The van der Waals surface area contributed by atoms with Gasteiger partial charge in [-0.05, 0) is 57.8 Å². The van der Waals surface area contributed by atoms with E-state index in [9.17, 15) is 13.6 Å². The van der Waals surface area contributed by atoms with Gasteiger partial charge in [0.1, 0.15) is 11.6 Å². The predicted molar refractivity (Wildman–Crippen MR) is 120 cm³/mol. The highest BCUT2D eigenvalue weighted by atomic mass is 19.1. The van der Waals surface area contributed by atoms with Crippen LogP contribution in [0.15, 0.2) is 55.1 Å². The first-order valence-corrected chi connectivity index (χ1v) is 10.3. The second-order valence-electron chi connectivity index (χ2n) is 7.88. The molecule has 1 unspecified atom stereocenters. The largest absolute Gasteiger partial charge is 0.307 e. The summed E-state index contributed by atoms with van der Waals surface area (Å²) >= 11 is 0. The van der Waals surface area contributed by atoms with E-state index in [4.69, 9.17) is 0 Å². The second kappa shape index (κ2) is 10.4. The first-order valence-electron chi connectivity index (χ1n) is 10.3. The molecule has 0 aliphatic heterocycles. The number of carbonyl (C=O) groups excluding carboxylic acids is 1. The Kier molecular flexibility index (Phi) is 7.61. The molecule has 0 amide bonds. The fraction of sp³-hybridized carbons (Fsp3) is 0.292. The molecule has 1 N–H and O–H groups in total. The maximum atomic E-state index is 14.3.